The number of benzene rings is 2. The molecule has 3 aromatic rings. The third-order valence-electron chi connectivity index (χ3n) is 4.90. The maximum Gasteiger partial charge on any atom is 0.244 e. The van der Waals surface area contributed by atoms with Gasteiger partial charge in [0.05, 0.1) is 13.4 Å². The number of methoxy groups -OCH3 is 1. The normalized spacial score (nSPS) is 11.9. The van der Waals surface area contributed by atoms with Crippen molar-refractivity contribution in [2.45, 2.75) is 13.3 Å². The molecule has 5 nitrogen and oxygen atoms in total. The largest absolute Gasteiger partial charge is 0.496 e. The Morgan fingerprint density at radius 1 is 1.23 bits per heavy atom. The molecule has 0 unspecified atom stereocenters. The first-order chi connectivity index (χ1) is 14.4. The summed E-state index contributed by atoms with van der Waals surface area (Å²) in [5.74, 6) is 0.571. The average Bonchev–Trinajstić information content (AvgIpc) is 3.13. The fraction of sp³-hybridized carbons (Fsp3) is 0.292. The first kappa shape index (κ1) is 22.1. The van der Waals surface area contributed by atoms with E-state index in [-0.39, 0.29) is 5.91 Å². The van der Waals surface area contributed by atoms with Crippen molar-refractivity contribution in [3.63, 3.8) is 0 Å². The molecule has 1 N–H and O–H groups in total. The molecule has 0 aliphatic heterocycles. The summed E-state index contributed by atoms with van der Waals surface area (Å²) in [6.07, 6.45) is 4.29. The second kappa shape index (κ2) is 9.96. The van der Waals surface area contributed by atoms with E-state index < -0.39 is 0 Å². The summed E-state index contributed by atoms with van der Waals surface area (Å²) >= 11 is 3.47. The minimum atomic E-state index is -0.103. The molecule has 30 heavy (non-hydrogen) atoms. The summed E-state index contributed by atoms with van der Waals surface area (Å²) in [5.41, 5.74) is 4.51. The van der Waals surface area contributed by atoms with Crippen LogP contribution in [0.4, 0.5) is 0 Å². The van der Waals surface area contributed by atoms with Crippen LogP contribution in [0.3, 0.4) is 0 Å². The van der Waals surface area contributed by atoms with Gasteiger partial charge in [-0.2, -0.15) is 0 Å². The number of carbonyl (C=O) groups excluding carboxylic acids is 1. The van der Waals surface area contributed by atoms with Crippen LogP contribution in [0.2, 0.25) is 0 Å². The molecule has 1 amide bonds. The number of rotatable bonds is 8. The Hall–Kier alpha value is -2.57. The molecule has 0 fully saturated rings. The molecule has 0 aliphatic carbocycles. The van der Waals surface area contributed by atoms with Gasteiger partial charge in [0.25, 0.3) is 0 Å². The number of fused-ring (bicyclic) bond motifs is 1. The molecule has 158 valence electrons. The fourth-order valence-electron chi connectivity index (χ4n) is 3.32. The van der Waals surface area contributed by atoms with Gasteiger partial charge in [-0.15, -0.1) is 0 Å². The van der Waals surface area contributed by atoms with Gasteiger partial charge in [-0.1, -0.05) is 28.1 Å². The Morgan fingerprint density at radius 3 is 2.63 bits per heavy atom. The van der Waals surface area contributed by atoms with Crippen LogP contribution in [0.15, 0.2) is 57.6 Å². The van der Waals surface area contributed by atoms with Crippen molar-refractivity contribution in [3.05, 3.63) is 58.8 Å². The molecule has 6 heteroatoms. The predicted molar refractivity (Wildman–Crippen MR) is 126 cm³/mol. The molecule has 0 atom stereocenters. The number of nitrogens with one attached hydrogen (secondary N) is 1. The Kier molecular flexibility index (Phi) is 7.34. The molecule has 1 aromatic heterocycles. The molecular formula is C24H27BrN2O3. The predicted octanol–water partition coefficient (Wildman–Crippen LogP) is 5.34. The quantitative estimate of drug-likeness (QED) is 0.356. The molecule has 0 aliphatic rings. The lowest BCUT2D eigenvalue weighted by Crippen LogP contribution is -2.25. The van der Waals surface area contributed by atoms with Crippen molar-refractivity contribution in [1.29, 1.82) is 0 Å². The number of carbonyl (C=O) groups is 1. The van der Waals surface area contributed by atoms with Crippen molar-refractivity contribution in [2.24, 2.45) is 0 Å². The standard InChI is InChI=1S/C24H27BrN2O3/c1-16(12-24(28)26-10-5-11-27(2)3)19-13-20-21(17-6-8-18(25)9-7-17)15-30-23(20)14-22(19)29-4/h6-9,12-15H,5,10-11H2,1-4H3,(H,26,28)/b16-12+. The fourth-order valence-corrected chi connectivity index (χ4v) is 3.58. The third kappa shape index (κ3) is 5.32. The first-order valence-electron chi connectivity index (χ1n) is 9.85. The van der Waals surface area contributed by atoms with Gasteiger partial charge in [0.15, 0.2) is 0 Å². The van der Waals surface area contributed by atoms with E-state index in [9.17, 15) is 4.79 Å². The Morgan fingerprint density at radius 2 is 1.97 bits per heavy atom. The number of furan rings is 1. The van der Waals surface area contributed by atoms with Crippen LogP contribution in [0, 0.1) is 0 Å². The Labute approximate surface area is 185 Å². The zero-order valence-corrected chi connectivity index (χ0v) is 19.4. The lowest BCUT2D eigenvalue weighted by Gasteiger charge is -2.11. The number of halogens is 1. The second-order valence-electron chi connectivity index (χ2n) is 7.48. The lowest BCUT2D eigenvalue weighted by atomic mass is 9.99. The minimum Gasteiger partial charge on any atom is -0.496 e. The van der Waals surface area contributed by atoms with Gasteiger partial charge in [-0.3, -0.25) is 4.79 Å². The summed E-state index contributed by atoms with van der Waals surface area (Å²) in [5, 5.41) is 3.92. The highest BCUT2D eigenvalue weighted by atomic mass is 79.9. The van der Waals surface area contributed by atoms with Crippen LogP contribution in [0.25, 0.3) is 27.7 Å². The van der Waals surface area contributed by atoms with Gasteiger partial charge in [0.1, 0.15) is 11.3 Å². The maximum absolute atomic E-state index is 12.3. The highest BCUT2D eigenvalue weighted by Gasteiger charge is 2.15. The van der Waals surface area contributed by atoms with E-state index in [0.29, 0.717) is 12.3 Å². The summed E-state index contributed by atoms with van der Waals surface area (Å²) < 4.78 is 12.4. The summed E-state index contributed by atoms with van der Waals surface area (Å²) in [6, 6.07) is 12.0. The lowest BCUT2D eigenvalue weighted by molar-refractivity contribution is -0.116. The summed E-state index contributed by atoms with van der Waals surface area (Å²) in [4.78, 5) is 14.4. The molecule has 0 radical (unpaired) electrons. The molecule has 0 spiro atoms. The van der Waals surface area contributed by atoms with Crippen LogP contribution >= 0.6 is 15.9 Å². The maximum atomic E-state index is 12.3. The van der Waals surface area contributed by atoms with Gasteiger partial charge < -0.3 is 19.4 Å². The average molecular weight is 471 g/mol. The van der Waals surface area contributed by atoms with Gasteiger partial charge in [-0.25, -0.2) is 0 Å². The molecule has 1 heterocycles. The van der Waals surface area contributed by atoms with E-state index in [1.54, 1.807) is 19.4 Å². The van der Waals surface area contributed by atoms with Gasteiger partial charge in [0.2, 0.25) is 5.91 Å². The van der Waals surface area contributed by atoms with E-state index in [1.807, 2.05) is 57.4 Å². The van der Waals surface area contributed by atoms with Crippen LogP contribution in [-0.2, 0) is 4.79 Å². The molecule has 2 aromatic carbocycles. The highest BCUT2D eigenvalue weighted by Crippen LogP contribution is 2.37. The monoisotopic (exact) mass is 470 g/mol. The molecule has 0 saturated heterocycles. The van der Waals surface area contributed by atoms with Crippen molar-refractivity contribution >= 4 is 38.4 Å². The smallest absolute Gasteiger partial charge is 0.244 e. The van der Waals surface area contributed by atoms with Crippen molar-refractivity contribution in [2.75, 3.05) is 34.3 Å². The van der Waals surface area contributed by atoms with Gasteiger partial charge in [-0.05, 0) is 63.3 Å². The summed E-state index contributed by atoms with van der Waals surface area (Å²) in [6.45, 7) is 3.50. The number of ether oxygens (including phenoxy) is 1. The topological polar surface area (TPSA) is 54.7 Å². The van der Waals surface area contributed by atoms with Gasteiger partial charge >= 0.3 is 0 Å². The zero-order chi connectivity index (χ0) is 21.7. The molecular weight excluding hydrogens is 444 g/mol. The van der Waals surface area contributed by atoms with E-state index in [1.165, 1.54) is 0 Å². The van der Waals surface area contributed by atoms with Gasteiger partial charge in [0, 0.05) is 39.7 Å². The van der Waals surface area contributed by atoms with Crippen molar-refractivity contribution in [3.8, 4) is 16.9 Å². The van der Waals surface area contributed by atoms with Crippen LogP contribution in [0.5, 0.6) is 5.75 Å². The highest BCUT2D eigenvalue weighted by molar-refractivity contribution is 9.10. The second-order valence-corrected chi connectivity index (χ2v) is 8.40. The SMILES string of the molecule is COc1cc2occ(-c3ccc(Br)cc3)c2cc1/C(C)=C/C(=O)NCCCN(C)C. The third-order valence-corrected chi connectivity index (χ3v) is 5.43. The van der Waals surface area contributed by atoms with Crippen molar-refractivity contribution in [1.82, 2.24) is 10.2 Å². The van der Waals surface area contributed by atoms with E-state index in [4.69, 9.17) is 9.15 Å². The molecule has 3 rings (SSSR count). The minimum absolute atomic E-state index is 0.103. The van der Waals surface area contributed by atoms with Crippen LogP contribution in [-0.4, -0.2) is 45.1 Å². The van der Waals surface area contributed by atoms with E-state index in [2.05, 4.69) is 26.1 Å². The van der Waals surface area contributed by atoms with E-state index >= 15 is 0 Å². The van der Waals surface area contributed by atoms with Crippen LogP contribution in [0.1, 0.15) is 18.9 Å². The Balaban J connectivity index is 1.89. The van der Waals surface area contributed by atoms with E-state index in [0.717, 1.165) is 50.7 Å². The molecule has 0 saturated carbocycles. The zero-order valence-electron chi connectivity index (χ0n) is 17.8. The number of allylic oxidation sites excluding steroid dienone is 1. The molecule has 0 bridgehead atoms. The van der Waals surface area contributed by atoms with Crippen LogP contribution < -0.4 is 10.1 Å². The Bertz CT molecular complexity index is 1050. The number of amides is 1. The van der Waals surface area contributed by atoms with Crippen molar-refractivity contribution < 1.29 is 13.9 Å². The number of hydrogen-bond donors (Lipinski definition) is 1. The summed E-state index contributed by atoms with van der Waals surface area (Å²) in [7, 11) is 5.66. The first-order valence-corrected chi connectivity index (χ1v) is 10.6. The number of hydrogen-bond acceptors (Lipinski definition) is 4. The number of nitrogens with zero attached hydrogens (tertiary/aromatic N) is 1.